The fourth-order valence-corrected chi connectivity index (χ4v) is 2.90. The molecule has 29 heavy (non-hydrogen) atoms. The lowest BCUT2D eigenvalue weighted by Crippen LogP contribution is -2.23. The van der Waals surface area contributed by atoms with Gasteiger partial charge >= 0.3 is 5.97 Å². The van der Waals surface area contributed by atoms with E-state index in [1.807, 2.05) is 63.2 Å². The molecule has 0 fully saturated rings. The summed E-state index contributed by atoms with van der Waals surface area (Å²) in [6.45, 7) is 5.59. The topological polar surface area (TPSA) is 52.6 Å². The normalized spacial score (nSPS) is 11.6. The molecule has 1 atom stereocenters. The summed E-state index contributed by atoms with van der Waals surface area (Å²) in [7, 11) is 0. The summed E-state index contributed by atoms with van der Waals surface area (Å²) >= 11 is 0. The molecular formula is C25H24O4. The molecule has 0 unspecified atom stereocenters. The molecule has 0 spiro atoms. The van der Waals surface area contributed by atoms with Gasteiger partial charge in [-0.15, -0.1) is 0 Å². The minimum Gasteiger partial charge on any atom is -0.482 e. The molecule has 0 amide bonds. The Bertz CT molecular complexity index is 988. The summed E-state index contributed by atoms with van der Waals surface area (Å²) in [5.41, 5.74) is 4.27. The second-order valence-corrected chi connectivity index (χ2v) is 7.12. The Hall–Kier alpha value is -3.40. The third-order valence-corrected chi connectivity index (χ3v) is 4.55. The van der Waals surface area contributed by atoms with Gasteiger partial charge in [0.2, 0.25) is 5.78 Å². The third kappa shape index (κ3) is 5.55. The van der Waals surface area contributed by atoms with E-state index in [9.17, 15) is 9.59 Å². The van der Waals surface area contributed by atoms with Crippen molar-refractivity contribution in [3.8, 4) is 5.75 Å². The summed E-state index contributed by atoms with van der Waals surface area (Å²) in [5, 5.41) is 0. The predicted octanol–water partition coefficient (Wildman–Crippen LogP) is 5.16. The number of carbonyl (C=O) groups is 2. The fourth-order valence-electron chi connectivity index (χ4n) is 2.90. The van der Waals surface area contributed by atoms with Crippen molar-refractivity contribution in [3.05, 3.63) is 101 Å². The van der Waals surface area contributed by atoms with E-state index < -0.39 is 12.1 Å². The van der Waals surface area contributed by atoms with Crippen LogP contribution >= 0.6 is 0 Å². The minimum absolute atomic E-state index is 0.266. The van der Waals surface area contributed by atoms with Crippen molar-refractivity contribution in [2.45, 2.75) is 26.9 Å². The Morgan fingerprint density at radius 2 is 1.41 bits per heavy atom. The number of hydrogen-bond donors (Lipinski definition) is 0. The van der Waals surface area contributed by atoms with E-state index in [1.54, 1.807) is 30.3 Å². The van der Waals surface area contributed by atoms with E-state index in [0.717, 1.165) is 16.7 Å². The van der Waals surface area contributed by atoms with Crippen LogP contribution in [0.2, 0.25) is 0 Å². The van der Waals surface area contributed by atoms with Gasteiger partial charge in [0, 0.05) is 11.1 Å². The average Bonchev–Trinajstić information content (AvgIpc) is 2.71. The second kappa shape index (κ2) is 9.20. The van der Waals surface area contributed by atoms with Gasteiger partial charge in [0.05, 0.1) is 0 Å². The molecule has 0 heterocycles. The number of hydrogen-bond acceptors (Lipinski definition) is 4. The molecule has 3 rings (SSSR count). The third-order valence-electron chi connectivity index (χ3n) is 4.55. The van der Waals surface area contributed by atoms with Gasteiger partial charge in [-0.1, -0.05) is 71.8 Å². The fraction of sp³-hybridized carbons (Fsp3) is 0.200. The Balaban J connectivity index is 1.77. The second-order valence-electron chi connectivity index (χ2n) is 7.12. The van der Waals surface area contributed by atoms with Crippen molar-refractivity contribution in [1.82, 2.24) is 0 Å². The first-order valence-corrected chi connectivity index (χ1v) is 9.49. The predicted molar refractivity (Wildman–Crippen MR) is 112 cm³/mol. The number of benzene rings is 3. The average molecular weight is 388 g/mol. The van der Waals surface area contributed by atoms with Crippen LogP contribution in [0.4, 0.5) is 0 Å². The molecule has 3 aromatic rings. The molecule has 0 saturated carbocycles. The van der Waals surface area contributed by atoms with Crippen LogP contribution in [0.5, 0.6) is 5.75 Å². The van der Waals surface area contributed by atoms with E-state index >= 15 is 0 Å². The Kier molecular flexibility index (Phi) is 6.45. The highest BCUT2D eigenvalue weighted by Crippen LogP contribution is 2.24. The molecule has 0 radical (unpaired) electrons. The summed E-state index contributed by atoms with van der Waals surface area (Å²) in [6, 6.07) is 22.0. The summed E-state index contributed by atoms with van der Waals surface area (Å²) in [5.74, 6) is -0.283. The maximum atomic E-state index is 13.1. The molecule has 0 aromatic heterocycles. The number of esters is 1. The van der Waals surface area contributed by atoms with Crippen molar-refractivity contribution in [2.24, 2.45) is 0 Å². The molecule has 3 aromatic carbocycles. The van der Waals surface area contributed by atoms with E-state index in [2.05, 4.69) is 0 Å². The van der Waals surface area contributed by atoms with Crippen LogP contribution in [0.3, 0.4) is 0 Å². The standard InChI is InChI=1S/C25H24O4/c1-17-7-11-20(12-8-17)24(27)25(21-13-9-18(2)10-14-21)29-23(26)16-28-22-6-4-5-19(3)15-22/h4-15,25H,16H2,1-3H3/t25-/m1/s1. The highest BCUT2D eigenvalue weighted by Gasteiger charge is 2.26. The monoisotopic (exact) mass is 388 g/mol. The largest absolute Gasteiger partial charge is 0.482 e. The van der Waals surface area contributed by atoms with Crippen LogP contribution in [-0.2, 0) is 9.53 Å². The maximum Gasteiger partial charge on any atom is 0.345 e. The van der Waals surface area contributed by atoms with Gasteiger partial charge in [-0.3, -0.25) is 4.79 Å². The van der Waals surface area contributed by atoms with Gasteiger partial charge in [0.25, 0.3) is 0 Å². The van der Waals surface area contributed by atoms with Crippen molar-refractivity contribution < 1.29 is 19.1 Å². The zero-order chi connectivity index (χ0) is 20.8. The Morgan fingerprint density at radius 3 is 2.03 bits per heavy atom. The molecule has 148 valence electrons. The van der Waals surface area contributed by atoms with Crippen molar-refractivity contribution in [3.63, 3.8) is 0 Å². The molecule has 0 N–H and O–H groups in total. The SMILES string of the molecule is Cc1ccc(C(=O)[C@H](OC(=O)COc2cccc(C)c2)c2ccc(C)cc2)cc1. The molecular weight excluding hydrogens is 364 g/mol. The van der Waals surface area contributed by atoms with Crippen molar-refractivity contribution >= 4 is 11.8 Å². The number of Topliss-reactive ketones (excluding diaryl/α,β-unsaturated/α-hetero) is 1. The quantitative estimate of drug-likeness (QED) is 0.414. The van der Waals surface area contributed by atoms with Crippen LogP contribution < -0.4 is 4.74 Å². The zero-order valence-electron chi connectivity index (χ0n) is 16.8. The molecule has 0 aliphatic rings. The van der Waals surface area contributed by atoms with Gasteiger partial charge in [0.1, 0.15) is 5.75 Å². The van der Waals surface area contributed by atoms with Gasteiger partial charge in [-0.2, -0.15) is 0 Å². The minimum atomic E-state index is -1.02. The van der Waals surface area contributed by atoms with Gasteiger partial charge in [-0.25, -0.2) is 4.79 Å². The molecule has 0 bridgehead atoms. The number of aryl methyl sites for hydroxylation is 3. The van der Waals surface area contributed by atoms with Crippen LogP contribution in [0, 0.1) is 20.8 Å². The number of rotatable bonds is 7. The summed E-state index contributed by atoms with van der Waals surface area (Å²) in [6.07, 6.45) is -1.02. The number of ether oxygens (including phenoxy) is 2. The Labute approximate surface area is 171 Å². The van der Waals surface area contributed by atoms with Gasteiger partial charge < -0.3 is 9.47 Å². The first-order chi connectivity index (χ1) is 13.9. The molecule has 4 nitrogen and oxygen atoms in total. The van der Waals surface area contributed by atoms with Crippen molar-refractivity contribution in [2.75, 3.05) is 6.61 Å². The highest BCUT2D eigenvalue weighted by atomic mass is 16.6. The van der Waals surface area contributed by atoms with Crippen LogP contribution in [0.1, 0.15) is 38.7 Å². The lowest BCUT2D eigenvalue weighted by atomic mass is 9.98. The molecule has 0 aliphatic heterocycles. The zero-order valence-corrected chi connectivity index (χ0v) is 16.8. The van der Waals surface area contributed by atoms with Crippen LogP contribution in [0.15, 0.2) is 72.8 Å². The lowest BCUT2D eigenvalue weighted by Gasteiger charge is -2.18. The first kappa shape index (κ1) is 20.3. The van der Waals surface area contributed by atoms with Crippen LogP contribution in [0.25, 0.3) is 0 Å². The summed E-state index contributed by atoms with van der Waals surface area (Å²) in [4.78, 5) is 25.5. The van der Waals surface area contributed by atoms with Gasteiger partial charge in [0.15, 0.2) is 12.7 Å². The molecule has 4 heteroatoms. The summed E-state index contributed by atoms with van der Waals surface area (Å²) < 4.78 is 11.1. The van der Waals surface area contributed by atoms with E-state index in [4.69, 9.17) is 9.47 Å². The number of ketones is 1. The van der Waals surface area contributed by atoms with Crippen molar-refractivity contribution in [1.29, 1.82) is 0 Å². The van der Waals surface area contributed by atoms with E-state index in [1.165, 1.54) is 0 Å². The Morgan fingerprint density at radius 1 is 0.793 bits per heavy atom. The van der Waals surface area contributed by atoms with Gasteiger partial charge in [-0.05, 0) is 38.5 Å². The number of carbonyl (C=O) groups excluding carboxylic acids is 2. The highest BCUT2D eigenvalue weighted by molar-refractivity contribution is 6.01. The van der Waals surface area contributed by atoms with E-state index in [0.29, 0.717) is 16.9 Å². The maximum absolute atomic E-state index is 13.1. The molecule has 0 aliphatic carbocycles. The van der Waals surface area contributed by atoms with E-state index in [-0.39, 0.29) is 12.4 Å². The van der Waals surface area contributed by atoms with Crippen LogP contribution in [-0.4, -0.2) is 18.4 Å². The lowest BCUT2D eigenvalue weighted by molar-refractivity contribution is -0.149. The molecule has 0 saturated heterocycles. The smallest absolute Gasteiger partial charge is 0.345 e. The first-order valence-electron chi connectivity index (χ1n) is 9.49.